The number of halogens is 1. The number of ether oxygens (including phenoxy) is 1. The highest BCUT2D eigenvalue weighted by Crippen LogP contribution is 2.24. The number of nitrogens with zero attached hydrogens (tertiary/aromatic N) is 4. The molecule has 0 saturated carbocycles. The van der Waals surface area contributed by atoms with Crippen molar-refractivity contribution in [2.75, 3.05) is 7.11 Å². The zero-order valence-corrected chi connectivity index (χ0v) is 15.6. The van der Waals surface area contributed by atoms with E-state index in [1.54, 1.807) is 37.0 Å². The molecule has 0 aliphatic carbocycles. The number of methoxy groups -OCH3 is 1. The summed E-state index contributed by atoms with van der Waals surface area (Å²) < 4.78 is 21.0. The molecule has 2 aromatic heterocycles. The predicted octanol–water partition coefficient (Wildman–Crippen LogP) is 4.56. The molecule has 0 amide bonds. The van der Waals surface area contributed by atoms with E-state index < -0.39 is 0 Å². The summed E-state index contributed by atoms with van der Waals surface area (Å²) in [5.41, 5.74) is 3.46. The molecule has 1 aromatic carbocycles. The van der Waals surface area contributed by atoms with Crippen LogP contribution in [0.1, 0.15) is 25.1 Å². The van der Waals surface area contributed by atoms with Crippen molar-refractivity contribution in [1.29, 1.82) is 0 Å². The van der Waals surface area contributed by atoms with Crippen LogP contribution in [0.5, 0.6) is 0 Å². The Labute approximate surface area is 157 Å². The fourth-order valence-electron chi connectivity index (χ4n) is 2.66. The van der Waals surface area contributed by atoms with Crippen molar-refractivity contribution in [3.63, 3.8) is 0 Å². The van der Waals surface area contributed by atoms with E-state index >= 15 is 0 Å². The first kappa shape index (κ1) is 18.5. The second-order valence-corrected chi connectivity index (χ2v) is 5.89. The number of rotatable bonds is 5. The first-order valence-corrected chi connectivity index (χ1v) is 8.61. The van der Waals surface area contributed by atoms with Crippen LogP contribution >= 0.6 is 0 Å². The molecule has 5 nitrogen and oxygen atoms in total. The molecule has 0 bridgehead atoms. The SMILES string of the molecule is C/C=C(\N=C(C)OC)c1cc(-c2ccccn2)n(Cc2ccccc2F)n1. The summed E-state index contributed by atoms with van der Waals surface area (Å²) in [5, 5.41) is 4.66. The lowest BCUT2D eigenvalue weighted by Gasteiger charge is -2.08. The van der Waals surface area contributed by atoms with Gasteiger partial charge in [0, 0.05) is 18.7 Å². The summed E-state index contributed by atoms with van der Waals surface area (Å²) in [7, 11) is 1.57. The molecule has 0 saturated heterocycles. The van der Waals surface area contributed by atoms with Crippen molar-refractivity contribution < 1.29 is 9.13 Å². The van der Waals surface area contributed by atoms with Gasteiger partial charge in [0.15, 0.2) is 5.90 Å². The lowest BCUT2D eigenvalue weighted by molar-refractivity contribution is 0.400. The van der Waals surface area contributed by atoms with Crippen molar-refractivity contribution in [1.82, 2.24) is 14.8 Å². The molecule has 138 valence electrons. The molecule has 0 aliphatic rings. The number of benzene rings is 1. The third kappa shape index (κ3) is 4.28. The molecule has 6 heteroatoms. The molecular formula is C21H21FN4O. The Balaban J connectivity index is 2.08. The Bertz CT molecular complexity index is 977. The summed E-state index contributed by atoms with van der Waals surface area (Å²) in [6.07, 6.45) is 3.58. The van der Waals surface area contributed by atoms with Gasteiger partial charge in [-0.25, -0.2) is 9.38 Å². The predicted molar refractivity (Wildman–Crippen MR) is 105 cm³/mol. The number of hydrogen-bond donors (Lipinski definition) is 0. The summed E-state index contributed by atoms with van der Waals surface area (Å²) in [6.45, 7) is 3.96. The summed E-state index contributed by atoms with van der Waals surface area (Å²) >= 11 is 0. The van der Waals surface area contributed by atoms with Gasteiger partial charge in [-0.3, -0.25) is 9.67 Å². The Hall–Kier alpha value is -3.28. The van der Waals surface area contributed by atoms with Crippen molar-refractivity contribution in [2.45, 2.75) is 20.4 Å². The van der Waals surface area contributed by atoms with Gasteiger partial charge in [-0.15, -0.1) is 0 Å². The summed E-state index contributed by atoms with van der Waals surface area (Å²) in [5.74, 6) is 0.271. The average molecular weight is 364 g/mol. The molecule has 0 unspecified atom stereocenters. The number of aliphatic imine (C=N–C) groups is 1. The van der Waals surface area contributed by atoms with E-state index in [0.717, 1.165) is 11.4 Å². The molecule has 0 aliphatic heterocycles. The topological polar surface area (TPSA) is 52.3 Å². The highest BCUT2D eigenvalue weighted by molar-refractivity contribution is 5.81. The van der Waals surface area contributed by atoms with Gasteiger partial charge in [0.2, 0.25) is 0 Å². The Morgan fingerprint density at radius 2 is 2.00 bits per heavy atom. The van der Waals surface area contributed by atoms with Crippen LogP contribution in [-0.4, -0.2) is 27.8 Å². The molecule has 2 heterocycles. The van der Waals surface area contributed by atoms with E-state index in [0.29, 0.717) is 29.4 Å². The molecule has 3 aromatic rings. The number of hydrogen-bond acceptors (Lipinski definition) is 4. The lowest BCUT2D eigenvalue weighted by atomic mass is 10.2. The minimum atomic E-state index is -0.263. The fraction of sp³-hybridized carbons (Fsp3) is 0.190. The average Bonchev–Trinajstić information content (AvgIpc) is 3.12. The van der Waals surface area contributed by atoms with Crippen molar-refractivity contribution in [2.24, 2.45) is 4.99 Å². The van der Waals surface area contributed by atoms with Gasteiger partial charge in [-0.2, -0.15) is 5.10 Å². The quantitative estimate of drug-likeness (QED) is 0.493. The van der Waals surface area contributed by atoms with Crippen LogP contribution < -0.4 is 0 Å². The van der Waals surface area contributed by atoms with Gasteiger partial charge >= 0.3 is 0 Å². The maximum absolute atomic E-state index is 14.2. The van der Waals surface area contributed by atoms with Crippen LogP contribution in [0.4, 0.5) is 4.39 Å². The second kappa shape index (κ2) is 8.40. The van der Waals surface area contributed by atoms with E-state index in [4.69, 9.17) is 4.74 Å². The first-order valence-electron chi connectivity index (χ1n) is 8.61. The highest BCUT2D eigenvalue weighted by Gasteiger charge is 2.15. The smallest absolute Gasteiger partial charge is 0.184 e. The standard InChI is InChI=1S/C21H21FN4O/c1-4-18(24-15(2)27-3)20-13-21(19-11-7-8-12-23-19)26(25-20)14-16-9-5-6-10-17(16)22/h4-13H,14H2,1-3H3/b18-4-,24-15?. The normalized spacial score (nSPS) is 12.3. The van der Waals surface area contributed by atoms with Crippen LogP contribution in [0.15, 0.2) is 65.8 Å². The largest absolute Gasteiger partial charge is 0.484 e. The van der Waals surface area contributed by atoms with Gasteiger partial charge in [0.25, 0.3) is 0 Å². The molecule has 0 atom stereocenters. The Kier molecular flexibility index (Phi) is 5.76. The zero-order valence-electron chi connectivity index (χ0n) is 15.6. The summed E-state index contributed by atoms with van der Waals surface area (Å²) in [4.78, 5) is 8.86. The lowest BCUT2D eigenvalue weighted by Crippen LogP contribution is -2.06. The highest BCUT2D eigenvalue weighted by atomic mass is 19.1. The number of pyridine rings is 1. The molecule has 0 fully saturated rings. The van der Waals surface area contributed by atoms with Gasteiger partial charge < -0.3 is 4.74 Å². The molecule has 0 spiro atoms. The third-order valence-electron chi connectivity index (χ3n) is 4.09. The van der Waals surface area contributed by atoms with E-state index in [2.05, 4.69) is 15.1 Å². The van der Waals surface area contributed by atoms with E-state index in [9.17, 15) is 4.39 Å². The van der Waals surface area contributed by atoms with E-state index in [1.165, 1.54) is 6.07 Å². The van der Waals surface area contributed by atoms with Crippen molar-refractivity contribution in [3.05, 3.63) is 77.9 Å². The Morgan fingerprint density at radius 3 is 2.67 bits per heavy atom. The maximum atomic E-state index is 14.2. The zero-order chi connectivity index (χ0) is 19.2. The van der Waals surface area contributed by atoms with Crippen molar-refractivity contribution in [3.8, 4) is 11.4 Å². The molecule has 0 radical (unpaired) electrons. The maximum Gasteiger partial charge on any atom is 0.184 e. The third-order valence-corrected chi connectivity index (χ3v) is 4.09. The van der Waals surface area contributed by atoms with E-state index in [-0.39, 0.29) is 5.82 Å². The first-order chi connectivity index (χ1) is 13.1. The van der Waals surface area contributed by atoms with Crippen LogP contribution in [-0.2, 0) is 11.3 Å². The molecule has 3 rings (SSSR count). The monoisotopic (exact) mass is 364 g/mol. The minimum absolute atomic E-state index is 0.263. The second-order valence-electron chi connectivity index (χ2n) is 5.89. The van der Waals surface area contributed by atoms with Crippen LogP contribution in [0.3, 0.4) is 0 Å². The molecule has 27 heavy (non-hydrogen) atoms. The van der Waals surface area contributed by atoms with E-state index in [1.807, 2.05) is 43.3 Å². The Morgan fingerprint density at radius 1 is 1.22 bits per heavy atom. The van der Waals surface area contributed by atoms with Gasteiger partial charge in [0.1, 0.15) is 11.5 Å². The van der Waals surface area contributed by atoms with Crippen LogP contribution in [0, 0.1) is 5.82 Å². The number of aromatic nitrogens is 3. The molecule has 0 N–H and O–H groups in total. The van der Waals surface area contributed by atoms with Crippen LogP contribution in [0.25, 0.3) is 17.1 Å². The van der Waals surface area contributed by atoms with Gasteiger partial charge in [-0.05, 0) is 31.2 Å². The fourth-order valence-corrected chi connectivity index (χ4v) is 2.66. The van der Waals surface area contributed by atoms with Gasteiger partial charge in [-0.1, -0.05) is 30.3 Å². The number of allylic oxidation sites excluding steroid dienone is 1. The summed E-state index contributed by atoms with van der Waals surface area (Å²) in [6, 6.07) is 14.3. The minimum Gasteiger partial charge on any atom is -0.484 e. The van der Waals surface area contributed by atoms with Crippen LogP contribution in [0.2, 0.25) is 0 Å². The van der Waals surface area contributed by atoms with Gasteiger partial charge in [0.05, 0.1) is 30.7 Å². The molecular weight excluding hydrogens is 343 g/mol. The van der Waals surface area contributed by atoms with Crippen molar-refractivity contribution >= 4 is 11.6 Å².